The summed E-state index contributed by atoms with van der Waals surface area (Å²) in [5.41, 5.74) is 2.94. The van der Waals surface area contributed by atoms with Gasteiger partial charge >= 0.3 is 6.03 Å². The van der Waals surface area contributed by atoms with E-state index in [1.807, 2.05) is 36.4 Å². The molecule has 0 saturated carbocycles. The molecule has 6 heteroatoms. The molecule has 0 aromatic heterocycles. The van der Waals surface area contributed by atoms with E-state index in [2.05, 4.69) is 5.32 Å². The summed E-state index contributed by atoms with van der Waals surface area (Å²) in [6.45, 7) is 1.15. The number of fused-ring (bicyclic) bond motifs is 1. The quantitative estimate of drug-likeness (QED) is 0.899. The monoisotopic (exact) mass is 355 g/mol. The second-order valence-corrected chi connectivity index (χ2v) is 6.80. The van der Waals surface area contributed by atoms with Crippen LogP contribution < -0.4 is 15.1 Å². The Kier molecular flexibility index (Phi) is 4.09. The number of para-hydroxylation sites is 1. The van der Waals surface area contributed by atoms with Crippen molar-refractivity contribution in [3.8, 4) is 0 Å². The molecule has 5 nitrogen and oxygen atoms in total. The molecule has 1 saturated heterocycles. The number of carbonyl (C=O) groups is 2. The van der Waals surface area contributed by atoms with Gasteiger partial charge in [-0.25, -0.2) is 4.79 Å². The van der Waals surface area contributed by atoms with Crippen molar-refractivity contribution in [2.24, 2.45) is 0 Å². The van der Waals surface area contributed by atoms with Crippen LogP contribution in [0, 0.1) is 0 Å². The maximum atomic E-state index is 12.6. The van der Waals surface area contributed by atoms with E-state index in [1.54, 1.807) is 21.9 Å². The van der Waals surface area contributed by atoms with Crippen molar-refractivity contribution in [3.63, 3.8) is 0 Å². The molecular formula is C19H18ClN3O2. The summed E-state index contributed by atoms with van der Waals surface area (Å²) in [5, 5.41) is 3.63. The molecule has 0 aliphatic carbocycles. The van der Waals surface area contributed by atoms with Crippen molar-refractivity contribution in [2.45, 2.75) is 18.9 Å². The standard InChI is InChI=1S/C19H18ClN3O2/c20-14-5-7-16(8-6-14)23-12-15(11-18(23)24)21-19(25)22-10-9-13-3-1-2-4-17(13)22/h1-8,15H,9-12H2,(H,21,25)/t15-/m1/s1. The summed E-state index contributed by atoms with van der Waals surface area (Å²) in [4.78, 5) is 28.4. The molecule has 2 aliphatic rings. The number of nitrogens with one attached hydrogen (secondary N) is 1. The van der Waals surface area contributed by atoms with Crippen LogP contribution in [0.25, 0.3) is 0 Å². The van der Waals surface area contributed by atoms with Gasteiger partial charge in [0.05, 0.1) is 6.04 Å². The van der Waals surface area contributed by atoms with Crippen LogP contribution in [0.15, 0.2) is 48.5 Å². The summed E-state index contributed by atoms with van der Waals surface area (Å²) >= 11 is 5.90. The first-order valence-electron chi connectivity index (χ1n) is 8.34. The molecule has 1 atom stereocenters. The number of anilines is 2. The van der Waals surface area contributed by atoms with Gasteiger partial charge in [-0.2, -0.15) is 0 Å². The van der Waals surface area contributed by atoms with Crippen LogP contribution >= 0.6 is 11.6 Å². The Morgan fingerprint density at radius 3 is 2.68 bits per heavy atom. The smallest absolute Gasteiger partial charge is 0.322 e. The normalized spacial score (nSPS) is 19.2. The Bertz CT molecular complexity index is 822. The number of rotatable bonds is 2. The maximum absolute atomic E-state index is 12.6. The number of carbonyl (C=O) groups excluding carboxylic acids is 2. The van der Waals surface area contributed by atoms with Crippen molar-refractivity contribution in [1.29, 1.82) is 0 Å². The average Bonchev–Trinajstić information content (AvgIpc) is 3.19. The van der Waals surface area contributed by atoms with Crippen molar-refractivity contribution in [1.82, 2.24) is 5.32 Å². The van der Waals surface area contributed by atoms with E-state index in [0.29, 0.717) is 24.5 Å². The van der Waals surface area contributed by atoms with Crippen LogP contribution in [0.2, 0.25) is 5.02 Å². The van der Waals surface area contributed by atoms with E-state index >= 15 is 0 Å². The summed E-state index contributed by atoms with van der Waals surface area (Å²) in [5.74, 6) is 0.00874. The van der Waals surface area contributed by atoms with Gasteiger partial charge in [0.15, 0.2) is 0 Å². The van der Waals surface area contributed by atoms with Crippen LogP contribution in [-0.4, -0.2) is 31.1 Å². The number of hydrogen-bond donors (Lipinski definition) is 1. The first-order chi connectivity index (χ1) is 12.1. The highest BCUT2D eigenvalue weighted by atomic mass is 35.5. The number of halogens is 1. The van der Waals surface area contributed by atoms with Crippen LogP contribution in [0.1, 0.15) is 12.0 Å². The molecule has 0 radical (unpaired) electrons. The number of amides is 3. The zero-order chi connectivity index (χ0) is 17.4. The first kappa shape index (κ1) is 16.0. The van der Waals surface area contributed by atoms with Gasteiger partial charge in [0, 0.05) is 35.9 Å². The van der Waals surface area contributed by atoms with Crippen molar-refractivity contribution in [3.05, 3.63) is 59.1 Å². The van der Waals surface area contributed by atoms with Crippen molar-refractivity contribution < 1.29 is 9.59 Å². The summed E-state index contributed by atoms with van der Waals surface area (Å²) in [7, 11) is 0. The van der Waals surface area contributed by atoms with Crippen molar-refractivity contribution >= 4 is 34.9 Å². The van der Waals surface area contributed by atoms with E-state index in [1.165, 1.54) is 5.56 Å². The molecule has 128 valence electrons. The summed E-state index contributed by atoms with van der Waals surface area (Å²) < 4.78 is 0. The second-order valence-electron chi connectivity index (χ2n) is 6.36. The predicted molar refractivity (Wildman–Crippen MR) is 98.2 cm³/mol. The molecule has 2 heterocycles. The predicted octanol–water partition coefficient (Wildman–Crippen LogP) is 3.22. The molecule has 2 aromatic carbocycles. The van der Waals surface area contributed by atoms with E-state index in [9.17, 15) is 9.59 Å². The summed E-state index contributed by atoms with van der Waals surface area (Å²) in [6, 6.07) is 14.8. The Hall–Kier alpha value is -2.53. The molecule has 25 heavy (non-hydrogen) atoms. The highest BCUT2D eigenvalue weighted by Crippen LogP contribution is 2.28. The Balaban J connectivity index is 1.43. The zero-order valence-corrected chi connectivity index (χ0v) is 14.4. The number of benzene rings is 2. The molecule has 1 N–H and O–H groups in total. The zero-order valence-electron chi connectivity index (χ0n) is 13.6. The lowest BCUT2D eigenvalue weighted by Gasteiger charge is -2.21. The third-order valence-electron chi connectivity index (χ3n) is 4.72. The lowest BCUT2D eigenvalue weighted by molar-refractivity contribution is -0.117. The average molecular weight is 356 g/mol. The minimum Gasteiger partial charge on any atom is -0.333 e. The largest absolute Gasteiger partial charge is 0.333 e. The Morgan fingerprint density at radius 2 is 1.88 bits per heavy atom. The fourth-order valence-electron chi connectivity index (χ4n) is 3.48. The van der Waals surface area contributed by atoms with Crippen LogP contribution in [-0.2, 0) is 11.2 Å². The summed E-state index contributed by atoms with van der Waals surface area (Å²) in [6.07, 6.45) is 1.17. The fourth-order valence-corrected chi connectivity index (χ4v) is 3.60. The van der Waals surface area contributed by atoms with Gasteiger partial charge in [-0.3, -0.25) is 9.69 Å². The van der Waals surface area contributed by atoms with E-state index in [-0.39, 0.29) is 18.0 Å². The molecule has 0 bridgehead atoms. The van der Waals surface area contributed by atoms with Crippen LogP contribution in [0.5, 0.6) is 0 Å². The Labute approximate surface area is 151 Å². The molecule has 4 rings (SSSR count). The minimum absolute atomic E-state index is 0.00874. The fraction of sp³-hybridized carbons (Fsp3) is 0.263. The molecule has 0 spiro atoms. The topological polar surface area (TPSA) is 52.7 Å². The molecule has 3 amide bonds. The molecular weight excluding hydrogens is 338 g/mol. The number of nitrogens with zero attached hydrogens (tertiary/aromatic N) is 2. The third-order valence-corrected chi connectivity index (χ3v) is 4.98. The number of hydrogen-bond acceptors (Lipinski definition) is 2. The van der Waals surface area contributed by atoms with Gasteiger partial charge in [-0.15, -0.1) is 0 Å². The van der Waals surface area contributed by atoms with E-state index in [0.717, 1.165) is 17.8 Å². The molecule has 1 fully saturated rings. The number of urea groups is 1. The third kappa shape index (κ3) is 3.07. The van der Waals surface area contributed by atoms with Crippen LogP contribution in [0.4, 0.5) is 16.2 Å². The van der Waals surface area contributed by atoms with Gasteiger partial charge in [0.25, 0.3) is 0 Å². The first-order valence-corrected chi connectivity index (χ1v) is 8.71. The molecule has 2 aliphatic heterocycles. The molecule has 2 aromatic rings. The maximum Gasteiger partial charge on any atom is 0.322 e. The Morgan fingerprint density at radius 1 is 1.12 bits per heavy atom. The van der Waals surface area contributed by atoms with Gasteiger partial charge < -0.3 is 10.2 Å². The lowest BCUT2D eigenvalue weighted by atomic mass is 10.2. The van der Waals surface area contributed by atoms with Crippen LogP contribution in [0.3, 0.4) is 0 Å². The van der Waals surface area contributed by atoms with Gasteiger partial charge in [0.2, 0.25) is 5.91 Å². The lowest BCUT2D eigenvalue weighted by Crippen LogP contribution is -2.45. The highest BCUT2D eigenvalue weighted by molar-refractivity contribution is 6.30. The van der Waals surface area contributed by atoms with Gasteiger partial charge in [-0.05, 0) is 42.3 Å². The van der Waals surface area contributed by atoms with E-state index < -0.39 is 0 Å². The minimum atomic E-state index is -0.191. The van der Waals surface area contributed by atoms with Crippen molar-refractivity contribution in [2.75, 3.05) is 22.9 Å². The highest BCUT2D eigenvalue weighted by Gasteiger charge is 2.33. The van der Waals surface area contributed by atoms with Gasteiger partial charge in [0.1, 0.15) is 0 Å². The van der Waals surface area contributed by atoms with E-state index in [4.69, 9.17) is 11.6 Å². The molecule has 0 unspecified atom stereocenters. The van der Waals surface area contributed by atoms with Gasteiger partial charge in [-0.1, -0.05) is 29.8 Å². The second kappa shape index (κ2) is 6.41. The SMILES string of the molecule is O=C1C[C@@H](NC(=O)N2CCc3ccccc32)CN1c1ccc(Cl)cc1.